The number of aliphatic hydroxyl groups is 1. The largest absolute Gasteiger partial charge is 0.424 e. The van der Waals surface area contributed by atoms with Crippen molar-refractivity contribution in [1.82, 2.24) is 15.1 Å². The molecule has 0 saturated heterocycles. The van der Waals surface area contributed by atoms with E-state index < -0.39 is 5.60 Å². The summed E-state index contributed by atoms with van der Waals surface area (Å²) in [4.78, 5) is 2.13. The predicted octanol–water partition coefficient (Wildman–Crippen LogP) is 2.42. The van der Waals surface area contributed by atoms with E-state index in [1.807, 2.05) is 6.92 Å². The maximum atomic E-state index is 9.93. The third kappa shape index (κ3) is 5.28. The van der Waals surface area contributed by atoms with Gasteiger partial charge in [-0.2, -0.15) is 0 Å². The van der Waals surface area contributed by atoms with Crippen molar-refractivity contribution in [3.05, 3.63) is 11.8 Å². The number of rotatable bonds is 7. The van der Waals surface area contributed by atoms with Crippen LogP contribution in [-0.4, -0.2) is 38.9 Å². The van der Waals surface area contributed by atoms with Crippen LogP contribution in [0.25, 0.3) is 0 Å². The molecule has 1 heterocycles. The van der Waals surface area contributed by atoms with E-state index in [0.717, 1.165) is 13.0 Å². The van der Waals surface area contributed by atoms with Crippen LogP contribution >= 0.6 is 0 Å². The van der Waals surface area contributed by atoms with Crippen molar-refractivity contribution < 1.29 is 9.52 Å². The second-order valence-corrected chi connectivity index (χ2v) is 6.18. The molecule has 0 saturated carbocycles. The minimum atomic E-state index is -0.731. The first-order chi connectivity index (χ1) is 8.73. The highest BCUT2D eigenvalue weighted by Crippen LogP contribution is 2.21. The first-order valence-corrected chi connectivity index (χ1v) is 7.01. The van der Waals surface area contributed by atoms with E-state index in [2.05, 4.69) is 35.9 Å². The molecule has 0 aliphatic rings. The maximum Gasteiger partial charge on any atom is 0.233 e. The van der Waals surface area contributed by atoms with Crippen molar-refractivity contribution in [2.75, 3.05) is 13.1 Å². The molecule has 19 heavy (non-hydrogen) atoms. The van der Waals surface area contributed by atoms with E-state index in [1.165, 1.54) is 0 Å². The second kappa shape index (κ2) is 6.48. The quantitative estimate of drug-likeness (QED) is 0.823. The zero-order valence-corrected chi connectivity index (χ0v) is 13.0. The zero-order valence-electron chi connectivity index (χ0n) is 13.0. The van der Waals surface area contributed by atoms with Gasteiger partial charge in [-0.3, -0.25) is 4.90 Å². The Bertz CT molecular complexity index is 382. The van der Waals surface area contributed by atoms with Gasteiger partial charge in [-0.15, -0.1) is 10.2 Å². The Labute approximate surface area is 116 Å². The summed E-state index contributed by atoms with van der Waals surface area (Å²) >= 11 is 0. The van der Waals surface area contributed by atoms with Gasteiger partial charge in [0.2, 0.25) is 11.8 Å². The van der Waals surface area contributed by atoms with E-state index >= 15 is 0 Å². The molecule has 1 rings (SSSR count). The minimum Gasteiger partial charge on any atom is -0.424 e. The fraction of sp³-hybridized carbons (Fsp3) is 0.857. The number of hydrogen-bond donors (Lipinski definition) is 1. The molecule has 0 aromatic carbocycles. The van der Waals surface area contributed by atoms with Crippen LogP contribution < -0.4 is 0 Å². The van der Waals surface area contributed by atoms with Crippen molar-refractivity contribution in [3.63, 3.8) is 0 Å². The molecule has 5 heteroatoms. The Morgan fingerprint density at radius 2 is 1.89 bits per heavy atom. The molecule has 1 N–H and O–H groups in total. The van der Waals surface area contributed by atoms with Crippen molar-refractivity contribution >= 4 is 0 Å². The Kier molecular flexibility index (Phi) is 5.50. The average Bonchev–Trinajstić information content (AvgIpc) is 2.71. The summed E-state index contributed by atoms with van der Waals surface area (Å²) in [6, 6.07) is 0.0184. The fourth-order valence-electron chi connectivity index (χ4n) is 2.04. The molecule has 0 aliphatic carbocycles. The third-order valence-electron chi connectivity index (χ3n) is 2.97. The Hall–Kier alpha value is -0.940. The molecule has 0 amide bonds. The van der Waals surface area contributed by atoms with Gasteiger partial charge in [0, 0.05) is 13.0 Å². The summed E-state index contributed by atoms with van der Waals surface area (Å²) in [5, 5.41) is 18.1. The van der Waals surface area contributed by atoms with Gasteiger partial charge >= 0.3 is 0 Å². The predicted molar refractivity (Wildman–Crippen MR) is 74.8 cm³/mol. The van der Waals surface area contributed by atoms with Gasteiger partial charge in [0.25, 0.3) is 0 Å². The van der Waals surface area contributed by atoms with Gasteiger partial charge in [-0.25, -0.2) is 0 Å². The number of hydrogen-bond acceptors (Lipinski definition) is 5. The zero-order chi connectivity index (χ0) is 14.6. The van der Waals surface area contributed by atoms with Gasteiger partial charge in [0.1, 0.15) is 0 Å². The first-order valence-electron chi connectivity index (χ1n) is 7.01. The summed E-state index contributed by atoms with van der Waals surface area (Å²) in [5.41, 5.74) is -0.731. The standard InChI is InChI=1S/C14H27N3O2/c1-7-17(9-14(5,6)18)11(4)13-16-15-12(19-13)8-10(2)3/h10-11,18H,7-9H2,1-6H3. The molecule has 1 aromatic heterocycles. The van der Waals surface area contributed by atoms with E-state index in [0.29, 0.717) is 24.2 Å². The maximum absolute atomic E-state index is 9.93. The number of aromatic nitrogens is 2. The molecule has 110 valence electrons. The summed E-state index contributed by atoms with van der Waals surface area (Å²) < 4.78 is 5.71. The van der Waals surface area contributed by atoms with Gasteiger partial charge in [-0.1, -0.05) is 20.8 Å². The average molecular weight is 269 g/mol. The lowest BCUT2D eigenvalue weighted by atomic mass is 10.1. The molecule has 5 nitrogen and oxygen atoms in total. The van der Waals surface area contributed by atoms with Crippen LogP contribution in [0.15, 0.2) is 4.42 Å². The van der Waals surface area contributed by atoms with E-state index in [9.17, 15) is 5.11 Å². The summed E-state index contributed by atoms with van der Waals surface area (Å²) in [6.45, 7) is 13.4. The normalized spacial score (nSPS) is 14.4. The van der Waals surface area contributed by atoms with Crippen molar-refractivity contribution in [2.45, 2.75) is 59.6 Å². The third-order valence-corrected chi connectivity index (χ3v) is 2.97. The SMILES string of the molecule is CCN(CC(C)(C)O)C(C)c1nnc(CC(C)C)o1. The van der Waals surface area contributed by atoms with Gasteiger partial charge in [0.05, 0.1) is 11.6 Å². The monoisotopic (exact) mass is 269 g/mol. The van der Waals surface area contributed by atoms with E-state index in [-0.39, 0.29) is 6.04 Å². The number of likely N-dealkylation sites (N-methyl/N-ethyl adjacent to an activating group) is 1. The van der Waals surface area contributed by atoms with Crippen LogP contribution in [-0.2, 0) is 6.42 Å². The lowest BCUT2D eigenvalue weighted by Gasteiger charge is -2.31. The molecule has 1 aromatic rings. The molecule has 0 radical (unpaired) electrons. The summed E-state index contributed by atoms with van der Waals surface area (Å²) in [7, 11) is 0. The molecule has 0 bridgehead atoms. The van der Waals surface area contributed by atoms with Gasteiger partial charge < -0.3 is 9.52 Å². The fourth-order valence-corrected chi connectivity index (χ4v) is 2.04. The Morgan fingerprint density at radius 1 is 1.26 bits per heavy atom. The Morgan fingerprint density at radius 3 is 2.37 bits per heavy atom. The summed E-state index contributed by atoms with van der Waals surface area (Å²) in [6.07, 6.45) is 0.803. The van der Waals surface area contributed by atoms with Crippen LogP contribution in [0.1, 0.15) is 59.4 Å². The summed E-state index contributed by atoms with van der Waals surface area (Å²) in [5.74, 6) is 1.82. The van der Waals surface area contributed by atoms with Gasteiger partial charge in [0.15, 0.2) is 0 Å². The van der Waals surface area contributed by atoms with Crippen LogP contribution in [0.5, 0.6) is 0 Å². The van der Waals surface area contributed by atoms with Crippen LogP contribution in [0.3, 0.4) is 0 Å². The minimum absolute atomic E-state index is 0.0184. The topological polar surface area (TPSA) is 62.4 Å². The smallest absolute Gasteiger partial charge is 0.233 e. The van der Waals surface area contributed by atoms with E-state index in [1.54, 1.807) is 13.8 Å². The highest BCUT2D eigenvalue weighted by Gasteiger charge is 2.25. The van der Waals surface area contributed by atoms with Crippen molar-refractivity contribution in [1.29, 1.82) is 0 Å². The molecule has 0 aliphatic heterocycles. The first kappa shape index (κ1) is 16.1. The lowest BCUT2D eigenvalue weighted by molar-refractivity contribution is 0.0207. The lowest BCUT2D eigenvalue weighted by Crippen LogP contribution is -2.40. The molecule has 0 fully saturated rings. The highest BCUT2D eigenvalue weighted by atomic mass is 16.4. The molecule has 1 unspecified atom stereocenters. The Balaban J connectivity index is 2.74. The molecule has 1 atom stereocenters. The second-order valence-electron chi connectivity index (χ2n) is 6.18. The number of nitrogens with zero attached hydrogens (tertiary/aromatic N) is 3. The van der Waals surface area contributed by atoms with Crippen molar-refractivity contribution in [3.8, 4) is 0 Å². The van der Waals surface area contributed by atoms with Gasteiger partial charge in [-0.05, 0) is 33.2 Å². The molecular formula is C14H27N3O2. The van der Waals surface area contributed by atoms with Crippen molar-refractivity contribution in [2.24, 2.45) is 5.92 Å². The molecular weight excluding hydrogens is 242 g/mol. The molecule has 0 spiro atoms. The van der Waals surface area contributed by atoms with Crippen LogP contribution in [0.4, 0.5) is 0 Å². The van der Waals surface area contributed by atoms with Crippen LogP contribution in [0, 0.1) is 5.92 Å². The van der Waals surface area contributed by atoms with E-state index in [4.69, 9.17) is 4.42 Å². The van der Waals surface area contributed by atoms with Crippen LogP contribution in [0.2, 0.25) is 0 Å². The highest BCUT2D eigenvalue weighted by molar-refractivity contribution is 4.91.